The third-order valence-electron chi connectivity index (χ3n) is 4.23. The van der Waals surface area contributed by atoms with Crippen molar-refractivity contribution in [2.24, 2.45) is 0 Å². The van der Waals surface area contributed by atoms with Crippen molar-refractivity contribution < 1.29 is 15.0 Å². The highest BCUT2D eigenvalue weighted by atomic mass is 16.3. The number of carbonyl (C=O) groups is 1. The SMILES string of the molecule is CCN1c2cccc(C)c2C(O)=C(N(C=O)c2ccncc2)C1O. The number of amides is 1. The monoisotopic (exact) mass is 325 g/mol. The average Bonchev–Trinajstić information content (AvgIpc) is 2.59. The lowest BCUT2D eigenvalue weighted by Crippen LogP contribution is -2.45. The van der Waals surface area contributed by atoms with Gasteiger partial charge in [-0.25, -0.2) is 0 Å². The lowest BCUT2D eigenvalue weighted by Gasteiger charge is -2.39. The Morgan fingerprint density at radius 1 is 1.29 bits per heavy atom. The zero-order valence-electron chi connectivity index (χ0n) is 13.5. The van der Waals surface area contributed by atoms with Crippen molar-refractivity contribution in [3.05, 3.63) is 59.5 Å². The Morgan fingerprint density at radius 3 is 2.62 bits per heavy atom. The van der Waals surface area contributed by atoms with Gasteiger partial charge < -0.3 is 15.1 Å². The normalized spacial score (nSPS) is 16.8. The maximum absolute atomic E-state index is 11.7. The maximum atomic E-state index is 11.7. The molecule has 1 amide bonds. The van der Waals surface area contributed by atoms with Gasteiger partial charge in [0.15, 0.2) is 6.23 Å². The van der Waals surface area contributed by atoms with Gasteiger partial charge in [-0.05, 0) is 37.6 Å². The predicted molar refractivity (Wildman–Crippen MR) is 92.5 cm³/mol. The van der Waals surface area contributed by atoms with E-state index in [-0.39, 0.29) is 11.5 Å². The summed E-state index contributed by atoms with van der Waals surface area (Å²) in [6, 6.07) is 8.90. The molecule has 1 aliphatic rings. The second-order valence-electron chi connectivity index (χ2n) is 5.54. The molecule has 0 saturated carbocycles. The van der Waals surface area contributed by atoms with Crippen LogP contribution >= 0.6 is 0 Å². The van der Waals surface area contributed by atoms with Gasteiger partial charge in [0.25, 0.3) is 0 Å². The Labute approximate surface area is 140 Å². The fourth-order valence-corrected chi connectivity index (χ4v) is 3.07. The van der Waals surface area contributed by atoms with Crippen LogP contribution < -0.4 is 9.80 Å². The van der Waals surface area contributed by atoms with E-state index < -0.39 is 6.23 Å². The van der Waals surface area contributed by atoms with Crippen LogP contribution in [-0.2, 0) is 4.79 Å². The Kier molecular flexibility index (Phi) is 4.22. The van der Waals surface area contributed by atoms with Crippen LogP contribution in [0.5, 0.6) is 0 Å². The van der Waals surface area contributed by atoms with E-state index >= 15 is 0 Å². The second-order valence-corrected chi connectivity index (χ2v) is 5.54. The van der Waals surface area contributed by atoms with E-state index in [1.807, 2.05) is 32.0 Å². The number of nitrogens with zero attached hydrogens (tertiary/aromatic N) is 3. The number of hydrogen-bond acceptors (Lipinski definition) is 5. The summed E-state index contributed by atoms with van der Waals surface area (Å²) in [4.78, 5) is 18.6. The first kappa shape index (κ1) is 16.0. The standard InChI is InChI=1S/C18H19N3O3/c1-3-20-14-6-4-5-12(2)15(14)17(23)16(18(20)24)21(11-22)13-7-9-19-10-8-13/h4-11,18,23-24H,3H2,1-2H3. The molecule has 1 aromatic carbocycles. The topological polar surface area (TPSA) is 76.9 Å². The van der Waals surface area contributed by atoms with Gasteiger partial charge in [-0.1, -0.05) is 12.1 Å². The minimum Gasteiger partial charge on any atom is -0.505 e. The smallest absolute Gasteiger partial charge is 0.218 e. The van der Waals surface area contributed by atoms with Crippen LogP contribution in [0.4, 0.5) is 11.4 Å². The lowest BCUT2D eigenvalue weighted by atomic mass is 9.97. The fourth-order valence-electron chi connectivity index (χ4n) is 3.07. The lowest BCUT2D eigenvalue weighted by molar-refractivity contribution is -0.107. The molecule has 0 spiro atoms. The van der Waals surface area contributed by atoms with Crippen LogP contribution in [0.25, 0.3) is 5.76 Å². The molecule has 3 rings (SSSR count). The fraction of sp³-hybridized carbons (Fsp3) is 0.222. The highest BCUT2D eigenvalue weighted by molar-refractivity contribution is 5.90. The first-order chi connectivity index (χ1) is 11.6. The van der Waals surface area contributed by atoms with Gasteiger partial charge in [0.05, 0.1) is 11.4 Å². The van der Waals surface area contributed by atoms with Gasteiger partial charge in [0, 0.05) is 24.5 Å². The van der Waals surface area contributed by atoms with Crippen molar-refractivity contribution in [2.75, 3.05) is 16.3 Å². The Hall–Kier alpha value is -2.86. The molecule has 124 valence electrons. The first-order valence-corrected chi connectivity index (χ1v) is 7.72. The largest absolute Gasteiger partial charge is 0.505 e. The summed E-state index contributed by atoms with van der Waals surface area (Å²) < 4.78 is 0. The highest BCUT2D eigenvalue weighted by Crippen LogP contribution is 2.39. The molecule has 0 bridgehead atoms. The van der Waals surface area contributed by atoms with Gasteiger partial charge in [-0.15, -0.1) is 0 Å². The quantitative estimate of drug-likeness (QED) is 0.844. The van der Waals surface area contributed by atoms with Crippen LogP contribution in [0.1, 0.15) is 18.1 Å². The molecule has 0 saturated heterocycles. The number of hydrogen-bond donors (Lipinski definition) is 2. The molecule has 24 heavy (non-hydrogen) atoms. The first-order valence-electron chi connectivity index (χ1n) is 7.72. The number of anilines is 2. The number of rotatable bonds is 4. The molecule has 1 aromatic heterocycles. The molecule has 6 heteroatoms. The minimum absolute atomic E-state index is 0.0933. The molecular weight excluding hydrogens is 306 g/mol. The van der Waals surface area contributed by atoms with E-state index in [9.17, 15) is 15.0 Å². The van der Waals surface area contributed by atoms with Crippen molar-refractivity contribution in [1.29, 1.82) is 0 Å². The molecule has 6 nitrogen and oxygen atoms in total. The minimum atomic E-state index is -1.14. The molecule has 0 aliphatic carbocycles. The van der Waals surface area contributed by atoms with Crippen molar-refractivity contribution in [2.45, 2.75) is 20.1 Å². The Balaban J connectivity index is 2.23. The zero-order chi connectivity index (χ0) is 17.3. The van der Waals surface area contributed by atoms with Crippen molar-refractivity contribution in [1.82, 2.24) is 4.98 Å². The third-order valence-corrected chi connectivity index (χ3v) is 4.23. The summed E-state index contributed by atoms with van der Waals surface area (Å²) in [5, 5.41) is 21.6. The maximum Gasteiger partial charge on any atom is 0.218 e. The molecule has 0 radical (unpaired) electrons. The van der Waals surface area contributed by atoms with Crippen LogP contribution in [0.15, 0.2) is 48.4 Å². The van der Waals surface area contributed by atoms with Gasteiger partial charge in [-0.2, -0.15) is 0 Å². The number of pyridine rings is 1. The summed E-state index contributed by atoms with van der Waals surface area (Å²) in [5.74, 6) is -0.0933. The van der Waals surface area contributed by atoms with E-state index in [4.69, 9.17) is 0 Å². The molecule has 1 aliphatic heterocycles. The van der Waals surface area contributed by atoms with E-state index in [1.54, 1.807) is 29.4 Å². The van der Waals surface area contributed by atoms with Crippen LogP contribution in [0, 0.1) is 6.92 Å². The summed E-state index contributed by atoms with van der Waals surface area (Å²) in [6.45, 7) is 4.32. The summed E-state index contributed by atoms with van der Waals surface area (Å²) in [7, 11) is 0. The van der Waals surface area contributed by atoms with E-state index in [1.165, 1.54) is 4.90 Å². The predicted octanol–water partition coefficient (Wildman–Crippen LogP) is 2.44. The van der Waals surface area contributed by atoms with Gasteiger partial charge in [-0.3, -0.25) is 14.7 Å². The van der Waals surface area contributed by atoms with Crippen molar-refractivity contribution in [3.63, 3.8) is 0 Å². The highest BCUT2D eigenvalue weighted by Gasteiger charge is 2.35. The van der Waals surface area contributed by atoms with Crippen molar-refractivity contribution >= 4 is 23.5 Å². The average molecular weight is 325 g/mol. The molecule has 2 N–H and O–H groups in total. The van der Waals surface area contributed by atoms with Crippen molar-refractivity contribution in [3.8, 4) is 0 Å². The van der Waals surface area contributed by atoms with Gasteiger partial charge in [0.2, 0.25) is 6.41 Å². The molecule has 1 atom stereocenters. The van der Waals surface area contributed by atoms with Crippen LogP contribution in [-0.4, -0.2) is 34.4 Å². The molecule has 2 aromatic rings. The number of aryl methyl sites for hydroxylation is 1. The Morgan fingerprint density at radius 2 is 2.00 bits per heavy atom. The number of aromatic nitrogens is 1. The number of fused-ring (bicyclic) bond motifs is 1. The zero-order valence-corrected chi connectivity index (χ0v) is 13.5. The van der Waals surface area contributed by atoms with E-state index in [0.29, 0.717) is 24.2 Å². The summed E-state index contributed by atoms with van der Waals surface area (Å²) in [6.07, 6.45) is 2.55. The molecule has 1 unspecified atom stereocenters. The molecule has 0 fully saturated rings. The third kappa shape index (κ3) is 2.41. The summed E-state index contributed by atoms with van der Waals surface area (Å²) >= 11 is 0. The van der Waals surface area contributed by atoms with Gasteiger partial charge in [0.1, 0.15) is 11.5 Å². The van der Waals surface area contributed by atoms with E-state index in [0.717, 1.165) is 11.3 Å². The van der Waals surface area contributed by atoms with E-state index in [2.05, 4.69) is 4.98 Å². The number of carbonyl (C=O) groups excluding carboxylic acids is 1. The Bertz CT molecular complexity index is 789. The summed E-state index contributed by atoms with van der Waals surface area (Å²) in [5.41, 5.74) is 2.90. The van der Waals surface area contributed by atoms with Gasteiger partial charge >= 0.3 is 0 Å². The molecular formula is C18H19N3O3. The van der Waals surface area contributed by atoms with Crippen LogP contribution in [0.3, 0.4) is 0 Å². The number of likely N-dealkylation sites (N-methyl/N-ethyl adjacent to an activating group) is 1. The number of benzene rings is 1. The van der Waals surface area contributed by atoms with Crippen LogP contribution in [0.2, 0.25) is 0 Å². The second kappa shape index (κ2) is 6.33. The number of aliphatic hydroxyl groups excluding tert-OH is 2. The molecule has 2 heterocycles. The number of aliphatic hydroxyl groups is 2.